The van der Waals surface area contributed by atoms with E-state index in [1.54, 1.807) is 0 Å². The van der Waals surface area contributed by atoms with Crippen LogP contribution in [-0.2, 0) is 12.8 Å². The molecule has 3 aromatic rings. The number of nitrogens with zero attached hydrogens (tertiary/aromatic N) is 4. The first-order chi connectivity index (χ1) is 12.8. The molecule has 0 radical (unpaired) electrons. The van der Waals surface area contributed by atoms with Crippen LogP contribution in [0.1, 0.15) is 63.7 Å². The van der Waals surface area contributed by atoms with Crippen molar-refractivity contribution in [2.75, 3.05) is 7.05 Å². The van der Waals surface area contributed by atoms with E-state index in [-0.39, 0.29) is 23.9 Å². The second kappa shape index (κ2) is 7.79. The van der Waals surface area contributed by atoms with E-state index < -0.39 is 0 Å². The standard InChI is InChI=1S/C20H27N5O2.ClH/c1-11(21-5)8-16-23-18(26-25-16)13-9-14(12-6-7-12)22-19-17(13)15(24-27-19)10-20(2,3)4;/h9,11-12,21H,6-8,10H2,1-5H3;1H. The number of hydrogen-bond donors (Lipinski definition) is 1. The Bertz CT molecular complexity index is 955. The molecule has 8 heteroatoms. The van der Waals surface area contributed by atoms with Crippen LogP contribution in [0.2, 0.25) is 0 Å². The SMILES string of the molecule is CNC(C)Cc1noc(-c2cc(C3CC3)nc3onc(CC(C)(C)C)c23)n1.Cl. The zero-order valence-electron chi connectivity index (χ0n) is 17.1. The van der Waals surface area contributed by atoms with E-state index in [1.165, 1.54) is 0 Å². The third kappa shape index (κ3) is 4.36. The molecule has 0 aliphatic heterocycles. The van der Waals surface area contributed by atoms with Gasteiger partial charge in [-0.25, -0.2) is 4.98 Å². The minimum Gasteiger partial charge on any atom is -0.336 e. The van der Waals surface area contributed by atoms with E-state index in [2.05, 4.69) is 54.4 Å². The predicted octanol–water partition coefficient (Wildman–Crippen LogP) is 4.31. The molecular weight excluding hydrogens is 378 g/mol. The zero-order valence-corrected chi connectivity index (χ0v) is 17.9. The average molecular weight is 406 g/mol. The van der Waals surface area contributed by atoms with Crippen LogP contribution in [0.15, 0.2) is 15.1 Å². The number of fused-ring (bicyclic) bond motifs is 1. The molecule has 3 aromatic heterocycles. The summed E-state index contributed by atoms with van der Waals surface area (Å²) in [7, 11) is 1.93. The van der Waals surface area contributed by atoms with Gasteiger partial charge < -0.3 is 14.4 Å². The second-order valence-electron chi connectivity index (χ2n) is 8.83. The minimum absolute atomic E-state index is 0. The van der Waals surface area contributed by atoms with Gasteiger partial charge in [-0.05, 0) is 44.7 Å². The van der Waals surface area contributed by atoms with E-state index in [4.69, 9.17) is 14.0 Å². The molecule has 28 heavy (non-hydrogen) atoms. The molecule has 1 aliphatic rings. The first-order valence-corrected chi connectivity index (χ1v) is 9.63. The summed E-state index contributed by atoms with van der Waals surface area (Å²) < 4.78 is 11.2. The highest BCUT2D eigenvalue weighted by Gasteiger charge is 2.30. The smallest absolute Gasteiger partial charge is 0.259 e. The lowest BCUT2D eigenvalue weighted by molar-refractivity contribution is 0.380. The van der Waals surface area contributed by atoms with Crippen LogP contribution < -0.4 is 5.32 Å². The van der Waals surface area contributed by atoms with Crippen LogP contribution in [0.25, 0.3) is 22.6 Å². The lowest BCUT2D eigenvalue weighted by atomic mass is 9.89. The van der Waals surface area contributed by atoms with Crippen molar-refractivity contribution in [1.82, 2.24) is 25.6 Å². The van der Waals surface area contributed by atoms with Crippen molar-refractivity contribution in [2.24, 2.45) is 5.41 Å². The molecule has 0 amide bonds. The van der Waals surface area contributed by atoms with Crippen LogP contribution in [-0.4, -0.2) is 33.4 Å². The van der Waals surface area contributed by atoms with Crippen LogP contribution in [0.4, 0.5) is 0 Å². The Kier molecular flexibility index (Phi) is 5.77. The molecule has 1 fully saturated rings. The number of halogens is 1. The normalized spacial score (nSPS) is 15.6. The highest BCUT2D eigenvalue weighted by atomic mass is 35.5. The number of rotatable bonds is 6. The largest absolute Gasteiger partial charge is 0.336 e. The molecule has 152 valence electrons. The molecule has 7 nitrogen and oxygen atoms in total. The van der Waals surface area contributed by atoms with E-state index in [9.17, 15) is 0 Å². The Hall–Kier alpha value is -1.99. The Balaban J connectivity index is 0.00000225. The van der Waals surface area contributed by atoms with E-state index >= 15 is 0 Å². The van der Waals surface area contributed by atoms with Gasteiger partial charge in [0.2, 0.25) is 0 Å². The van der Waals surface area contributed by atoms with Gasteiger partial charge in [-0.15, -0.1) is 12.4 Å². The monoisotopic (exact) mass is 405 g/mol. The van der Waals surface area contributed by atoms with Crippen molar-refractivity contribution >= 4 is 23.5 Å². The molecule has 1 N–H and O–H groups in total. The number of aromatic nitrogens is 4. The molecule has 1 unspecified atom stereocenters. The predicted molar refractivity (Wildman–Crippen MR) is 110 cm³/mol. The Morgan fingerprint density at radius 2 is 1.93 bits per heavy atom. The summed E-state index contributed by atoms with van der Waals surface area (Å²) >= 11 is 0. The summed E-state index contributed by atoms with van der Waals surface area (Å²) in [5.41, 5.74) is 3.46. The first-order valence-electron chi connectivity index (χ1n) is 9.63. The summed E-state index contributed by atoms with van der Waals surface area (Å²) in [5, 5.41) is 12.6. The van der Waals surface area contributed by atoms with E-state index in [0.29, 0.717) is 29.8 Å². The van der Waals surface area contributed by atoms with Gasteiger partial charge in [0, 0.05) is 24.1 Å². The van der Waals surface area contributed by atoms with E-state index in [0.717, 1.165) is 41.6 Å². The number of nitrogens with one attached hydrogen (secondary N) is 1. The molecule has 0 bridgehead atoms. The van der Waals surface area contributed by atoms with Crippen molar-refractivity contribution in [3.8, 4) is 11.5 Å². The fraction of sp³-hybridized carbons (Fsp3) is 0.600. The van der Waals surface area contributed by atoms with Gasteiger partial charge in [0.15, 0.2) is 5.82 Å². The third-order valence-corrected chi connectivity index (χ3v) is 4.91. The highest BCUT2D eigenvalue weighted by Crippen LogP contribution is 2.42. The topological polar surface area (TPSA) is 89.9 Å². The molecule has 4 rings (SSSR count). The summed E-state index contributed by atoms with van der Waals surface area (Å²) in [5.74, 6) is 1.70. The first kappa shape index (κ1) is 20.7. The van der Waals surface area contributed by atoms with Crippen LogP contribution in [0, 0.1) is 5.41 Å². The molecule has 3 heterocycles. The van der Waals surface area contributed by atoms with Gasteiger partial charge in [0.25, 0.3) is 11.6 Å². The number of pyridine rings is 1. The van der Waals surface area contributed by atoms with Gasteiger partial charge in [-0.2, -0.15) is 4.98 Å². The Labute approximate surface area is 171 Å². The molecule has 0 aromatic carbocycles. The lowest BCUT2D eigenvalue weighted by Crippen LogP contribution is -2.24. The average Bonchev–Trinajstić information content (AvgIpc) is 3.24. The summed E-state index contributed by atoms with van der Waals surface area (Å²) in [4.78, 5) is 9.36. The van der Waals surface area contributed by atoms with Crippen molar-refractivity contribution in [1.29, 1.82) is 0 Å². The number of likely N-dealkylation sites (N-methyl/N-ethyl adjacent to an activating group) is 1. The molecule has 0 saturated heterocycles. The van der Waals surface area contributed by atoms with Crippen LogP contribution in [0.5, 0.6) is 0 Å². The maximum Gasteiger partial charge on any atom is 0.259 e. The molecular formula is C20H28ClN5O2. The van der Waals surface area contributed by atoms with Crippen molar-refractivity contribution in [3.05, 3.63) is 23.3 Å². The molecule has 0 spiro atoms. The maximum atomic E-state index is 5.63. The molecule has 1 atom stereocenters. The Morgan fingerprint density at radius 1 is 1.18 bits per heavy atom. The molecule has 1 saturated carbocycles. The summed E-state index contributed by atoms with van der Waals surface area (Å²) in [6.07, 6.45) is 3.82. The van der Waals surface area contributed by atoms with Gasteiger partial charge in [0.05, 0.1) is 16.6 Å². The van der Waals surface area contributed by atoms with E-state index in [1.807, 2.05) is 7.05 Å². The summed E-state index contributed by atoms with van der Waals surface area (Å²) in [6.45, 7) is 8.64. The highest BCUT2D eigenvalue weighted by molar-refractivity contribution is 5.91. The zero-order chi connectivity index (χ0) is 19.2. The quantitative estimate of drug-likeness (QED) is 0.653. The number of hydrogen-bond acceptors (Lipinski definition) is 7. The fourth-order valence-corrected chi connectivity index (χ4v) is 3.23. The van der Waals surface area contributed by atoms with Crippen molar-refractivity contribution in [3.63, 3.8) is 0 Å². The van der Waals surface area contributed by atoms with Crippen LogP contribution in [0.3, 0.4) is 0 Å². The van der Waals surface area contributed by atoms with Crippen LogP contribution >= 0.6 is 12.4 Å². The second-order valence-corrected chi connectivity index (χ2v) is 8.83. The lowest BCUT2D eigenvalue weighted by Gasteiger charge is -2.16. The molecule has 1 aliphatic carbocycles. The van der Waals surface area contributed by atoms with Crippen molar-refractivity contribution < 1.29 is 9.05 Å². The Morgan fingerprint density at radius 3 is 2.57 bits per heavy atom. The maximum absolute atomic E-state index is 5.63. The van der Waals surface area contributed by atoms with Crippen molar-refractivity contribution in [2.45, 2.75) is 65.3 Å². The van der Waals surface area contributed by atoms with Gasteiger partial charge in [-0.1, -0.05) is 31.1 Å². The minimum atomic E-state index is 0. The summed E-state index contributed by atoms with van der Waals surface area (Å²) in [6, 6.07) is 2.37. The van der Waals surface area contributed by atoms with Gasteiger partial charge in [0.1, 0.15) is 0 Å². The van der Waals surface area contributed by atoms with Gasteiger partial charge >= 0.3 is 0 Å². The third-order valence-electron chi connectivity index (χ3n) is 4.91. The fourth-order valence-electron chi connectivity index (χ4n) is 3.23. The van der Waals surface area contributed by atoms with Gasteiger partial charge in [-0.3, -0.25) is 0 Å².